The summed E-state index contributed by atoms with van der Waals surface area (Å²) in [5.74, 6) is -0.885. The Kier molecular flexibility index (Phi) is 10.2. The van der Waals surface area contributed by atoms with E-state index in [9.17, 15) is 14.4 Å². The number of carbonyl (C=O) groups is 3. The molecule has 1 unspecified atom stereocenters. The highest BCUT2D eigenvalue weighted by atomic mass is 35.5. The largest absolute Gasteiger partial charge is 0.379 e. The van der Waals surface area contributed by atoms with Crippen molar-refractivity contribution in [2.24, 2.45) is 7.05 Å². The number of nitrogens with zero attached hydrogens (tertiary/aromatic N) is 7. The van der Waals surface area contributed by atoms with E-state index in [0.717, 1.165) is 10.9 Å². The smallest absolute Gasteiger partial charge is 0.247 e. The third-order valence-electron chi connectivity index (χ3n) is 6.43. The molecule has 2 aromatic carbocycles. The molecule has 0 bridgehead atoms. The van der Waals surface area contributed by atoms with Crippen molar-refractivity contribution in [2.45, 2.75) is 32.4 Å². The van der Waals surface area contributed by atoms with Crippen LogP contribution in [0.25, 0.3) is 16.6 Å². The first-order chi connectivity index (χ1) is 20.0. The predicted octanol–water partition coefficient (Wildman–Crippen LogP) is 3.75. The van der Waals surface area contributed by atoms with E-state index in [2.05, 4.69) is 20.7 Å². The van der Waals surface area contributed by atoms with E-state index in [-0.39, 0.29) is 37.4 Å². The third-order valence-corrected chi connectivity index (χ3v) is 6.84. The zero-order chi connectivity index (χ0) is 30.4. The molecular weight excluding hydrogens is 583 g/mol. The fraction of sp³-hybridized carbons (Fsp3) is 0.357. The standard InChI is InChI=1S/C28H32Cl2N8O4/c1-18(2)42-12-9-24(28(41)31-21-6-7-22-19(13-21)15-36(4)33-22)37(10-11-39)27(40)17-35(3)25-14-20(29)5-8-23(25)38-16-26(30)32-34-38/h5-8,11,13-16,18,24H,9-10,12,17H2,1-4H3,(H,31,41). The third kappa shape index (κ3) is 7.64. The maximum Gasteiger partial charge on any atom is 0.247 e. The maximum absolute atomic E-state index is 13.7. The predicted molar refractivity (Wildman–Crippen MR) is 161 cm³/mol. The lowest BCUT2D eigenvalue weighted by atomic mass is 10.1. The molecule has 0 radical (unpaired) electrons. The molecule has 12 nitrogen and oxygen atoms in total. The number of aldehydes is 1. The van der Waals surface area contributed by atoms with Gasteiger partial charge in [0.05, 0.1) is 42.3 Å². The number of benzene rings is 2. The minimum absolute atomic E-state index is 0.0744. The molecule has 0 aliphatic heterocycles. The van der Waals surface area contributed by atoms with Gasteiger partial charge in [0.25, 0.3) is 0 Å². The Morgan fingerprint density at radius 2 is 1.93 bits per heavy atom. The summed E-state index contributed by atoms with van der Waals surface area (Å²) < 4.78 is 8.86. The maximum atomic E-state index is 13.7. The van der Waals surface area contributed by atoms with Gasteiger partial charge in [-0.2, -0.15) is 5.10 Å². The molecule has 2 aromatic heterocycles. The monoisotopic (exact) mass is 614 g/mol. The fourth-order valence-electron chi connectivity index (χ4n) is 4.52. The van der Waals surface area contributed by atoms with Gasteiger partial charge in [-0.3, -0.25) is 14.3 Å². The van der Waals surface area contributed by atoms with Crippen LogP contribution in [-0.2, 0) is 26.2 Å². The highest BCUT2D eigenvalue weighted by Crippen LogP contribution is 2.28. The summed E-state index contributed by atoms with van der Waals surface area (Å²) in [6.07, 6.45) is 4.08. The van der Waals surface area contributed by atoms with Gasteiger partial charge in [0, 0.05) is 49.4 Å². The van der Waals surface area contributed by atoms with Crippen molar-refractivity contribution < 1.29 is 19.1 Å². The van der Waals surface area contributed by atoms with Crippen LogP contribution >= 0.6 is 23.2 Å². The number of likely N-dealkylation sites (N-methyl/N-ethyl adjacent to an activating group) is 1. The number of fused-ring (bicyclic) bond motifs is 1. The van der Waals surface area contributed by atoms with Crippen molar-refractivity contribution in [3.8, 4) is 5.69 Å². The number of hydrogen-bond donors (Lipinski definition) is 1. The second-order valence-electron chi connectivity index (χ2n) is 9.98. The van der Waals surface area contributed by atoms with Gasteiger partial charge in [0.2, 0.25) is 11.8 Å². The first-order valence-electron chi connectivity index (χ1n) is 13.2. The molecule has 1 N–H and O–H groups in total. The summed E-state index contributed by atoms with van der Waals surface area (Å²) >= 11 is 12.2. The number of amides is 2. The van der Waals surface area contributed by atoms with Crippen LogP contribution in [0.15, 0.2) is 48.8 Å². The molecular formula is C28H32Cl2N8O4. The average molecular weight is 616 g/mol. The Bertz CT molecular complexity index is 1570. The van der Waals surface area contributed by atoms with Crippen molar-refractivity contribution in [3.05, 3.63) is 59.0 Å². The van der Waals surface area contributed by atoms with Crippen molar-refractivity contribution in [1.82, 2.24) is 29.7 Å². The van der Waals surface area contributed by atoms with Gasteiger partial charge >= 0.3 is 0 Å². The topological polar surface area (TPSA) is 127 Å². The molecule has 222 valence electrons. The van der Waals surface area contributed by atoms with Crippen molar-refractivity contribution >= 4 is 63.6 Å². The number of rotatable bonds is 13. The van der Waals surface area contributed by atoms with Crippen molar-refractivity contribution in [2.75, 3.05) is 37.0 Å². The first-order valence-corrected chi connectivity index (χ1v) is 14.0. The normalized spacial score (nSPS) is 12.0. The molecule has 0 saturated heterocycles. The highest BCUT2D eigenvalue weighted by Gasteiger charge is 2.31. The fourth-order valence-corrected chi connectivity index (χ4v) is 4.81. The Morgan fingerprint density at radius 1 is 1.14 bits per heavy atom. The van der Waals surface area contributed by atoms with Gasteiger partial charge in [0.15, 0.2) is 5.15 Å². The molecule has 2 amide bonds. The van der Waals surface area contributed by atoms with Crippen LogP contribution in [0.4, 0.5) is 11.4 Å². The first kappa shape index (κ1) is 30.9. The lowest BCUT2D eigenvalue weighted by molar-refractivity contribution is -0.139. The Morgan fingerprint density at radius 3 is 2.62 bits per heavy atom. The quantitative estimate of drug-likeness (QED) is 0.226. The van der Waals surface area contributed by atoms with E-state index in [4.69, 9.17) is 27.9 Å². The number of aromatic nitrogens is 5. The van der Waals surface area contributed by atoms with Crippen LogP contribution in [0, 0.1) is 0 Å². The van der Waals surface area contributed by atoms with Crippen LogP contribution in [0.1, 0.15) is 20.3 Å². The Balaban J connectivity index is 1.58. The number of halogens is 2. The minimum atomic E-state index is -0.979. The number of hydrogen-bond acceptors (Lipinski definition) is 8. The molecule has 0 aliphatic rings. The number of anilines is 2. The molecule has 2 heterocycles. The van der Waals surface area contributed by atoms with E-state index in [0.29, 0.717) is 28.4 Å². The number of nitrogens with one attached hydrogen (secondary N) is 1. The lowest BCUT2D eigenvalue weighted by Crippen LogP contribution is -2.51. The van der Waals surface area contributed by atoms with Crippen molar-refractivity contribution in [3.63, 3.8) is 0 Å². The van der Waals surface area contributed by atoms with E-state index < -0.39 is 17.9 Å². The van der Waals surface area contributed by atoms with Crippen LogP contribution < -0.4 is 10.2 Å². The Labute approximate surface area is 253 Å². The second-order valence-corrected chi connectivity index (χ2v) is 10.8. The molecule has 4 rings (SSSR count). The van der Waals surface area contributed by atoms with Gasteiger partial charge < -0.3 is 24.6 Å². The zero-order valence-electron chi connectivity index (χ0n) is 23.7. The van der Waals surface area contributed by atoms with Crippen LogP contribution in [0.3, 0.4) is 0 Å². The minimum Gasteiger partial charge on any atom is -0.379 e. The zero-order valence-corrected chi connectivity index (χ0v) is 25.2. The molecule has 42 heavy (non-hydrogen) atoms. The summed E-state index contributed by atoms with van der Waals surface area (Å²) in [5.41, 5.74) is 2.48. The number of ether oxygens (including phenoxy) is 1. The van der Waals surface area contributed by atoms with Crippen LogP contribution in [-0.4, -0.2) is 86.7 Å². The van der Waals surface area contributed by atoms with Gasteiger partial charge in [0.1, 0.15) is 12.3 Å². The molecule has 0 aliphatic carbocycles. The number of aryl methyl sites for hydroxylation is 1. The van der Waals surface area contributed by atoms with E-state index in [1.54, 1.807) is 53.0 Å². The van der Waals surface area contributed by atoms with Gasteiger partial charge in [-0.15, -0.1) is 5.10 Å². The molecule has 0 fully saturated rings. The SMILES string of the molecule is CC(C)OCCC(C(=O)Nc1ccc2nn(C)cc2c1)N(CC=O)C(=O)CN(C)c1cc(Cl)ccc1-n1cc(Cl)nn1. The van der Waals surface area contributed by atoms with E-state index >= 15 is 0 Å². The molecule has 1 atom stereocenters. The van der Waals surface area contributed by atoms with Gasteiger partial charge in [-0.25, -0.2) is 4.68 Å². The summed E-state index contributed by atoms with van der Waals surface area (Å²) in [5, 5.41) is 16.6. The molecule has 4 aromatic rings. The van der Waals surface area contributed by atoms with Gasteiger partial charge in [-0.05, 0) is 50.2 Å². The summed E-state index contributed by atoms with van der Waals surface area (Å²) in [7, 11) is 3.52. The molecule has 0 saturated carbocycles. The summed E-state index contributed by atoms with van der Waals surface area (Å²) in [6, 6.07) is 9.46. The van der Waals surface area contributed by atoms with Crippen LogP contribution in [0.5, 0.6) is 0 Å². The van der Waals surface area contributed by atoms with E-state index in [1.165, 1.54) is 15.8 Å². The van der Waals surface area contributed by atoms with Crippen molar-refractivity contribution in [1.29, 1.82) is 0 Å². The molecule has 0 spiro atoms. The second kappa shape index (κ2) is 13.8. The lowest BCUT2D eigenvalue weighted by Gasteiger charge is -2.32. The van der Waals surface area contributed by atoms with Gasteiger partial charge in [-0.1, -0.05) is 28.4 Å². The summed E-state index contributed by atoms with van der Waals surface area (Å²) in [6.45, 7) is 3.52. The molecule has 14 heteroatoms. The summed E-state index contributed by atoms with van der Waals surface area (Å²) in [4.78, 5) is 42.0. The van der Waals surface area contributed by atoms with Crippen LogP contribution in [0.2, 0.25) is 10.2 Å². The Hall–Kier alpha value is -4.00. The van der Waals surface area contributed by atoms with E-state index in [1.807, 2.05) is 27.1 Å². The highest BCUT2D eigenvalue weighted by molar-refractivity contribution is 6.31. The number of carbonyl (C=O) groups excluding carboxylic acids is 3. The average Bonchev–Trinajstić information content (AvgIpc) is 3.53.